The topological polar surface area (TPSA) is 26.3 Å². The minimum atomic E-state index is -0.539. The first-order chi connectivity index (χ1) is 8.95. The van der Waals surface area contributed by atoms with Gasteiger partial charge in [0.25, 0.3) is 0 Å². The highest BCUT2D eigenvalue weighted by atomic mass is 35.5. The first-order valence-electron chi connectivity index (χ1n) is 5.62. The van der Waals surface area contributed by atoms with Crippen molar-refractivity contribution in [3.05, 3.63) is 51.8 Å². The smallest absolute Gasteiger partial charge is 0.330 e. The standard InChI is InChI=1S/C14H13Cl2FO2/c1-3-19-14(18)6-4-5-9(2)10-7-13(17)12(16)8-11(10)15/h4-8H,3H2,1-2H3. The Kier molecular flexibility index (Phi) is 6.06. The first-order valence-corrected chi connectivity index (χ1v) is 6.38. The van der Waals surface area contributed by atoms with E-state index in [0.29, 0.717) is 22.8 Å². The summed E-state index contributed by atoms with van der Waals surface area (Å²) in [6, 6.07) is 2.61. The summed E-state index contributed by atoms with van der Waals surface area (Å²) in [4.78, 5) is 11.1. The van der Waals surface area contributed by atoms with Crippen molar-refractivity contribution < 1.29 is 13.9 Å². The van der Waals surface area contributed by atoms with Gasteiger partial charge in [-0.2, -0.15) is 0 Å². The molecule has 0 aliphatic rings. The van der Waals surface area contributed by atoms with Crippen molar-refractivity contribution >= 4 is 34.7 Å². The third-order valence-corrected chi connectivity index (χ3v) is 2.90. The molecule has 0 atom stereocenters. The average molecular weight is 303 g/mol. The lowest BCUT2D eigenvalue weighted by molar-refractivity contribution is -0.137. The van der Waals surface area contributed by atoms with Gasteiger partial charge >= 0.3 is 5.97 Å². The summed E-state index contributed by atoms with van der Waals surface area (Å²) < 4.78 is 18.1. The Morgan fingerprint density at radius 2 is 2.05 bits per heavy atom. The van der Waals surface area contributed by atoms with Crippen LogP contribution in [0.4, 0.5) is 4.39 Å². The molecule has 0 amide bonds. The molecule has 0 bridgehead atoms. The van der Waals surface area contributed by atoms with Crippen LogP contribution in [-0.4, -0.2) is 12.6 Å². The van der Waals surface area contributed by atoms with E-state index in [9.17, 15) is 9.18 Å². The number of allylic oxidation sites excluding steroid dienone is 3. The Balaban J connectivity index is 2.91. The first kappa shape index (κ1) is 15.7. The molecule has 0 saturated heterocycles. The molecule has 0 aliphatic carbocycles. The lowest BCUT2D eigenvalue weighted by Gasteiger charge is -2.05. The quantitative estimate of drug-likeness (QED) is 0.350. The van der Waals surface area contributed by atoms with Gasteiger partial charge in [-0.15, -0.1) is 0 Å². The van der Waals surface area contributed by atoms with Crippen molar-refractivity contribution in [3.63, 3.8) is 0 Å². The van der Waals surface area contributed by atoms with E-state index in [2.05, 4.69) is 0 Å². The van der Waals surface area contributed by atoms with Crippen molar-refractivity contribution in [2.45, 2.75) is 13.8 Å². The Labute approximate surface area is 121 Å². The van der Waals surface area contributed by atoms with Crippen LogP contribution in [0.15, 0.2) is 30.4 Å². The summed E-state index contributed by atoms with van der Waals surface area (Å²) in [5, 5.41) is 0.327. The Morgan fingerprint density at radius 1 is 1.37 bits per heavy atom. The molecule has 0 radical (unpaired) electrons. The predicted molar refractivity (Wildman–Crippen MR) is 75.8 cm³/mol. The molecule has 1 aromatic rings. The third kappa shape index (κ3) is 4.69. The highest BCUT2D eigenvalue weighted by Gasteiger charge is 2.08. The fraction of sp³-hybridized carbons (Fsp3) is 0.214. The fourth-order valence-electron chi connectivity index (χ4n) is 1.38. The molecule has 5 heteroatoms. The molecule has 0 unspecified atom stereocenters. The zero-order chi connectivity index (χ0) is 14.4. The van der Waals surface area contributed by atoms with Crippen LogP contribution in [0.2, 0.25) is 10.0 Å². The highest BCUT2D eigenvalue weighted by molar-refractivity contribution is 6.35. The molecule has 0 aromatic heterocycles. The van der Waals surface area contributed by atoms with Gasteiger partial charge in [-0.05, 0) is 37.1 Å². The average Bonchev–Trinajstić information content (AvgIpc) is 2.34. The maximum atomic E-state index is 13.4. The molecule has 2 nitrogen and oxygen atoms in total. The zero-order valence-electron chi connectivity index (χ0n) is 10.5. The number of hydrogen-bond donors (Lipinski definition) is 0. The second kappa shape index (κ2) is 7.31. The molecule has 0 fully saturated rings. The van der Waals surface area contributed by atoms with Crippen LogP contribution in [0, 0.1) is 5.82 Å². The van der Waals surface area contributed by atoms with Gasteiger partial charge in [0.15, 0.2) is 0 Å². The Hall–Kier alpha value is -1.32. The van der Waals surface area contributed by atoms with Crippen molar-refractivity contribution in [2.24, 2.45) is 0 Å². The van der Waals surface area contributed by atoms with E-state index >= 15 is 0 Å². The second-order valence-electron chi connectivity index (χ2n) is 3.71. The second-order valence-corrected chi connectivity index (χ2v) is 4.52. The van der Waals surface area contributed by atoms with E-state index in [1.54, 1.807) is 19.9 Å². The largest absolute Gasteiger partial charge is 0.463 e. The van der Waals surface area contributed by atoms with Crippen LogP contribution in [0.5, 0.6) is 0 Å². The number of halogens is 3. The van der Waals surface area contributed by atoms with E-state index < -0.39 is 11.8 Å². The van der Waals surface area contributed by atoms with E-state index in [-0.39, 0.29) is 5.02 Å². The van der Waals surface area contributed by atoms with Gasteiger partial charge in [0, 0.05) is 11.1 Å². The van der Waals surface area contributed by atoms with Gasteiger partial charge in [0.2, 0.25) is 0 Å². The van der Waals surface area contributed by atoms with Crippen LogP contribution in [0.25, 0.3) is 5.57 Å². The summed E-state index contributed by atoms with van der Waals surface area (Å²) in [7, 11) is 0. The minimum absolute atomic E-state index is 0.0244. The van der Waals surface area contributed by atoms with E-state index in [1.165, 1.54) is 24.3 Å². The van der Waals surface area contributed by atoms with Crippen molar-refractivity contribution in [1.29, 1.82) is 0 Å². The number of rotatable bonds is 4. The number of carbonyl (C=O) groups excluding carboxylic acids is 1. The number of esters is 1. The summed E-state index contributed by atoms with van der Waals surface area (Å²) in [5.41, 5.74) is 1.23. The summed E-state index contributed by atoms with van der Waals surface area (Å²) in [5.74, 6) is -0.969. The van der Waals surface area contributed by atoms with Gasteiger partial charge in [0.05, 0.1) is 11.6 Å². The molecular weight excluding hydrogens is 290 g/mol. The molecule has 102 valence electrons. The van der Waals surface area contributed by atoms with Gasteiger partial charge in [-0.25, -0.2) is 9.18 Å². The van der Waals surface area contributed by atoms with Crippen LogP contribution in [-0.2, 0) is 9.53 Å². The Morgan fingerprint density at radius 3 is 2.68 bits per heavy atom. The van der Waals surface area contributed by atoms with Crippen LogP contribution in [0.3, 0.4) is 0 Å². The molecule has 0 heterocycles. The third-order valence-electron chi connectivity index (χ3n) is 2.30. The molecule has 0 aliphatic heterocycles. The Bertz CT molecular complexity index is 536. The zero-order valence-corrected chi connectivity index (χ0v) is 12.1. The maximum absolute atomic E-state index is 13.4. The lowest BCUT2D eigenvalue weighted by Crippen LogP contribution is -1.98. The lowest BCUT2D eigenvalue weighted by atomic mass is 10.1. The highest BCUT2D eigenvalue weighted by Crippen LogP contribution is 2.29. The predicted octanol–water partition coefficient (Wildman–Crippen LogP) is 4.66. The van der Waals surface area contributed by atoms with Crippen molar-refractivity contribution in [3.8, 4) is 0 Å². The fourth-order valence-corrected chi connectivity index (χ4v) is 1.91. The van der Waals surface area contributed by atoms with Gasteiger partial charge in [-0.3, -0.25) is 0 Å². The minimum Gasteiger partial charge on any atom is -0.463 e. The molecule has 0 saturated carbocycles. The maximum Gasteiger partial charge on any atom is 0.330 e. The number of benzene rings is 1. The molecule has 0 N–H and O–H groups in total. The molecule has 19 heavy (non-hydrogen) atoms. The van der Waals surface area contributed by atoms with Crippen molar-refractivity contribution in [2.75, 3.05) is 6.61 Å². The molecule has 1 aromatic carbocycles. The molecular formula is C14H13Cl2FO2. The van der Waals surface area contributed by atoms with E-state index in [0.717, 1.165) is 0 Å². The van der Waals surface area contributed by atoms with Crippen LogP contribution >= 0.6 is 23.2 Å². The SMILES string of the molecule is CCOC(=O)C=CC=C(C)c1cc(F)c(Cl)cc1Cl. The van der Waals surface area contributed by atoms with E-state index in [1.807, 2.05) is 0 Å². The number of ether oxygens (including phenoxy) is 1. The summed E-state index contributed by atoms with van der Waals surface area (Å²) in [6.07, 6.45) is 4.45. The summed E-state index contributed by atoms with van der Waals surface area (Å²) >= 11 is 11.6. The van der Waals surface area contributed by atoms with Gasteiger partial charge in [0.1, 0.15) is 5.82 Å². The molecule has 1 rings (SSSR count). The van der Waals surface area contributed by atoms with Gasteiger partial charge < -0.3 is 4.74 Å². The van der Waals surface area contributed by atoms with Crippen molar-refractivity contribution in [1.82, 2.24) is 0 Å². The van der Waals surface area contributed by atoms with Crippen LogP contribution in [0.1, 0.15) is 19.4 Å². The summed E-state index contributed by atoms with van der Waals surface area (Å²) in [6.45, 7) is 3.80. The molecule has 0 spiro atoms. The number of carbonyl (C=O) groups is 1. The normalized spacial score (nSPS) is 11.9. The van der Waals surface area contributed by atoms with Gasteiger partial charge in [-0.1, -0.05) is 35.4 Å². The van der Waals surface area contributed by atoms with Crippen LogP contribution < -0.4 is 0 Å². The monoisotopic (exact) mass is 302 g/mol. The van der Waals surface area contributed by atoms with E-state index in [4.69, 9.17) is 27.9 Å². The number of hydrogen-bond acceptors (Lipinski definition) is 2.